The number of hydrogen-bond donors (Lipinski definition) is 2. The lowest BCUT2D eigenvalue weighted by Gasteiger charge is -2.59. The molecule has 0 radical (unpaired) electrons. The standard InChI is InChI=1S/C24H27N3O3/c1-15(19-8-5-6-12-25-19)26-22(29)18-13-16-10-11-23(18,2)14-24(16)27-21(28)17-7-3-4-9-20(17)30-24/h3-9,12,15-16,18H,10-11,13-14H2,1-2H3,(H,26,29)(H,27,28)/t15-,16+,18+,23-,24+/m1/s1. The van der Waals surface area contributed by atoms with Crippen LogP contribution < -0.4 is 15.4 Å². The minimum absolute atomic E-state index is 0.0674. The minimum atomic E-state index is -0.720. The fraction of sp³-hybridized carbons (Fsp3) is 0.458. The van der Waals surface area contributed by atoms with Gasteiger partial charge in [0, 0.05) is 24.5 Å². The van der Waals surface area contributed by atoms with E-state index in [-0.39, 0.29) is 35.1 Å². The molecule has 3 saturated carbocycles. The Bertz CT molecular complexity index is 994. The quantitative estimate of drug-likeness (QED) is 0.818. The van der Waals surface area contributed by atoms with E-state index >= 15 is 0 Å². The van der Waals surface area contributed by atoms with Crippen LogP contribution >= 0.6 is 0 Å². The van der Waals surface area contributed by atoms with Crippen LogP contribution in [0.1, 0.15) is 61.6 Å². The number of benzene rings is 1. The summed E-state index contributed by atoms with van der Waals surface area (Å²) in [4.78, 5) is 30.4. The zero-order valence-electron chi connectivity index (χ0n) is 17.4. The van der Waals surface area contributed by atoms with Crippen molar-refractivity contribution in [2.45, 2.75) is 51.3 Å². The molecule has 6 nitrogen and oxygen atoms in total. The predicted octanol–water partition coefficient (Wildman–Crippen LogP) is 3.60. The summed E-state index contributed by atoms with van der Waals surface area (Å²) in [6.45, 7) is 4.13. The Balaban J connectivity index is 1.37. The van der Waals surface area contributed by atoms with Gasteiger partial charge in [-0.15, -0.1) is 0 Å². The summed E-state index contributed by atoms with van der Waals surface area (Å²) in [7, 11) is 0. The fourth-order valence-electron chi connectivity index (χ4n) is 5.68. The Morgan fingerprint density at radius 2 is 2.07 bits per heavy atom. The van der Waals surface area contributed by atoms with Crippen molar-refractivity contribution in [3.8, 4) is 5.75 Å². The average Bonchev–Trinajstić information content (AvgIpc) is 2.74. The molecule has 2 N–H and O–H groups in total. The molecule has 2 heterocycles. The molecular formula is C24H27N3O3. The van der Waals surface area contributed by atoms with Gasteiger partial charge in [0.2, 0.25) is 5.91 Å². The summed E-state index contributed by atoms with van der Waals surface area (Å²) in [5.74, 6) is 0.626. The fourth-order valence-corrected chi connectivity index (χ4v) is 5.68. The van der Waals surface area contributed by atoms with E-state index in [2.05, 4.69) is 22.5 Å². The van der Waals surface area contributed by atoms with Crippen molar-refractivity contribution in [3.05, 3.63) is 59.9 Å². The molecule has 5 atom stereocenters. The van der Waals surface area contributed by atoms with Crippen LogP contribution in [0.2, 0.25) is 0 Å². The highest BCUT2D eigenvalue weighted by molar-refractivity contribution is 5.98. The van der Waals surface area contributed by atoms with Crippen LogP contribution in [0.3, 0.4) is 0 Å². The third-order valence-electron chi connectivity index (χ3n) is 7.31. The van der Waals surface area contributed by atoms with Crippen molar-refractivity contribution >= 4 is 11.8 Å². The zero-order valence-corrected chi connectivity index (χ0v) is 17.4. The number of ether oxygens (including phenoxy) is 1. The number of hydrogen-bond acceptors (Lipinski definition) is 4. The first-order valence-corrected chi connectivity index (χ1v) is 10.7. The van der Waals surface area contributed by atoms with Crippen LogP contribution in [0, 0.1) is 17.3 Å². The predicted molar refractivity (Wildman–Crippen MR) is 112 cm³/mol. The third-order valence-corrected chi connectivity index (χ3v) is 7.31. The molecule has 2 amide bonds. The van der Waals surface area contributed by atoms with E-state index in [0.29, 0.717) is 24.2 Å². The number of fused-ring (bicyclic) bond motifs is 3. The lowest BCUT2D eigenvalue weighted by molar-refractivity contribution is -0.167. The van der Waals surface area contributed by atoms with E-state index in [1.165, 1.54) is 0 Å². The first-order chi connectivity index (χ1) is 14.4. The van der Waals surface area contributed by atoms with E-state index in [1.807, 2.05) is 43.3 Å². The maximum atomic E-state index is 13.2. The van der Waals surface area contributed by atoms with Gasteiger partial charge in [0.25, 0.3) is 5.91 Å². The van der Waals surface area contributed by atoms with Crippen molar-refractivity contribution in [1.29, 1.82) is 0 Å². The van der Waals surface area contributed by atoms with Gasteiger partial charge in [-0.25, -0.2) is 0 Å². The summed E-state index contributed by atoms with van der Waals surface area (Å²) in [6.07, 6.45) is 4.99. The molecule has 4 aliphatic rings. The number of carbonyl (C=O) groups is 2. The number of amides is 2. The number of nitrogens with one attached hydrogen (secondary N) is 2. The second-order valence-electron chi connectivity index (χ2n) is 9.28. The second kappa shape index (κ2) is 6.83. The third kappa shape index (κ3) is 2.97. The molecule has 3 aliphatic carbocycles. The molecule has 156 valence electrons. The van der Waals surface area contributed by atoms with Gasteiger partial charge in [-0.1, -0.05) is 25.1 Å². The maximum absolute atomic E-state index is 13.2. The molecule has 30 heavy (non-hydrogen) atoms. The SMILES string of the molecule is C[C@@H](NC(=O)[C@@H]1C[C@@H]2CC[C@]1(C)C[C@@]21NC(=O)c2ccccc2O1)c1ccccn1. The number of pyridine rings is 1. The Morgan fingerprint density at radius 1 is 1.27 bits per heavy atom. The maximum Gasteiger partial charge on any atom is 0.258 e. The molecule has 0 unspecified atom stereocenters. The molecule has 1 aromatic heterocycles. The van der Waals surface area contributed by atoms with Gasteiger partial charge in [-0.2, -0.15) is 0 Å². The monoisotopic (exact) mass is 405 g/mol. The van der Waals surface area contributed by atoms with E-state index in [0.717, 1.165) is 18.5 Å². The first-order valence-electron chi connectivity index (χ1n) is 10.7. The molecule has 0 saturated heterocycles. The molecule has 2 bridgehead atoms. The molecule has 1 aliphatic heterocycles. The molecule has 2 aromatic rings. The van der Waals surface area contributed by atoms with Gasteiger partial charge < -0.3 is 15.4 Å². The van der Waals surface area contributed by atoms with Gasteiger partial charge in [-0.3, -0.25) is 14.6 Å². The topological polar surface area (TPSA) is 80.3 Å². The Hall–Kier alpha value is -2.89. The van der Waals surface area contributed by atoms with Gasteiger partial charge in [0.15, 0.2) is 5.72 Å². The molecule has 3 fully saturated rings. The molecule has 1 spiro atoms. The van der Waals surface area contributed by atoms with Crippen LogP contribution in [0.25, 0.3) is 0 Å². The molecular weight excluding hydrogens is 378 g/mol. The smallest absolute Gasteiger partial charge is 0.258 e. The van der Waals surface area contributed by atoms with Crippen molar-refractivity contribution in [3.63, 3.8) is 0 Å². The zero-order chi connectivity index (χ0) is 20.9. The summed E-state index contributed by atoms with van der Waals surface area (Å²) in [5, 5.41) is 6.33. The second-order valence-corrected chi connectivity index (χ2v) is 9.28. The van der Waals surface area contributed by atoms with Gasteiger partial charge in [-0.05, 0) is 55.9 Å². The van der Waals surface area contributed by atoms with Crippen molar-refractivity contribution in [2.75, 3.05) is 0 Å². The Morgan fingerprint density at radius 3 is 2.83 bits per heavy atom. The largest absolute Gasteiger partial charge is 0.467 e. The van der Waals surface area contributed by atoms with E-state index < -0.39 is 5.72 Å². The highest BCUT2D eigenvalue weighted by atomic mass is 16.5. The lowest BCUT2D eigenvalue weighted by Crippen LogP contribution is -2.69. The number of carbonyl (C=O) groups excluding carboxylic acids is 2. The van der Waals surface area contributed by atoms with Gasteiger partial charge in [0.1, 0.15) is 5.75 Å². The highest BCUT2D eigenvalue weighted by Gasteiger charge is 2.61. The van der Waals surface area contributed by atoms with Crippen molar-refractivity contribution < 1.29 is 14.3 Å². The van der Waals surface area contributed by atoms with Crippen LogP contribution in [-0.4, -0.2) is 22.5 Å². The van der Waals surface area contributed by atoms with E-state index in [9.17, 15) is 9.59 Å². The minimum Gasteiger partial charge on any atom is -0.467 e. The average molecular weight is 405 g/mol. The Kier molecular flexibility index (Phi) is 4.34. The molecule has 6 heteroatoms. The lowest BCUT2D eigenvalue weighted by atomic mass is 9.52. The number of rotatable bonds is 3. The van der Waals surface area contributed by atoms with Crippen molar-refractivity contribution in [2.24, 2.45) is 17.3 Å². The summed E-state index contributed by atoms with van der Waals surface area (Å²) in [6, 6.07) is 13.0. The van der Waals surface area contributed by atoms with Crippen LogP contribution in [0.5, 0.6) is 5.75 Å². The number of aromatic nitrogens is 1. The van der Waals surface area contributed by atoms with Crippen molar-refractivity contribution in [1.82, 2.24) is 15.6 Å². The normalized spacial score (nSPS) is 32.7. The summed E-state index contributed by atoms with van der Waals surface area (Å²) < 4.78 is 6.43. The van der Waals surface area contributed by atoms with Crippen LogP contribution in [-0.2, 0) is 4.79 Å². The van der Waals surface area contributed by atoms with E-state index in [1.54, 1.807) is 12.3 Å². The van der Waals surface area contributed by atoms with Gasteiger partial charge in [0.05, 0.1) is 17.3 Å². The van der Waals surface area contributed by atoms with Crippen LogP contribution in [0.15, 0.2) is 48.7 Å². The Labute approximate surface area is 176 Å². The first kappa shape index (κ1) is 19.1. The summed E-state index contributed by atoms with van der Waals surface area (Å²) >= 11 is 0. The molecule has 6 rings (SSSR count). The number of nitrogens with zero attached hydrogens (tertiary/aromatic N) is 1. The van der Waals surface area contributed by atoms with Crippen LogP contribution in [0.4, 0.5) is 0 Å². The number of para-hydroxylation sites is 1. The van der Waals surface area contributed by atoms with E-state index in [4.69, 9.17) is 4.74 Å². The highest BCUT2D eigenvalue weighted by Crippen LogP contribution is 2.59. The summed E-state index contributed by atoms with van der Waals surface area (Å²) in [5.41, 5.74) is 0.477. The van der Waals surface area contributed by atoms with Gasteiger partial charge >= 0.3 is 0 Å². The molecule has 1 aromatic carbocycles.